The van der Waals surface area contributed by atoms with Crippen molar-refractivity contribution in [3.63, 3.8) is 0 Å². The smallest absolute Gasteiger partial charge is 0.165 e. The van der Waals surface area contributed by atoms with E-state index >= 15 is 0 Å². The second kappa shape index (κ2) is 13.1. The van der Waals surface area contributed by atoms with Crippen LogP contribution in [0.15, 0.2) is 194 Å². The molecule has 12 rings (SSSR count). The van der Waals surface area contributed by atoms with Crippen LogP contribution < -0.4 is 0 Å². The van der Waals surface area contributed by atoms with Crippen LogP contribution in [0.25, 0.3) is 115 Å². The van der Waals surface area contributed by atoms with Gasteiger partial charge in [0.25, 0.3) is 0 Å². The van der Waals surface area contributed by atoms with Gasteiger partial charge in [0.2, 0.25) is 0 Å². The molecule has 0 atom stereocenters. The van der Waals surface area contributed by atoms with Gasteiger partial charge in [0.05, 0.1) is 17.9 Å². The van der Waals surface area contributed by atoms with E-state index in [1.54, 1.807) is 11.3 Å². The molecule has 0 bridgehead atoms. The molecule has 0 N–H and O–H groups in total. The highest BCUT2D eigenvalue weighted by molar-refractivity contribution is 7.26. The minimum Gasteiger partial charge on any atom is -0.309 e. The first-order valence-electron chi connectivity index (χ1n) is 21.6. The van der Waals surface area contributed by atoms with E-state index < -0.39 is 18.1 Å². The molecule has 0 aliphatic rings. The Bertz CT molecular complexity index is 3800. The van der Waals surface area contributed by atoms with Gasteiger partial charge < -0.3 is 4.57 Å². The van der Waals surface area contributed by atoms with Crippen LogP contribution in [0.1, 0.15) is 6.85 Å². The van der Waals surface area contributed by atoms with E-state index in [1.807, 2.05) is 48.5 Å². The Kier molecular flexibility index (Phi) is 6.30. The topological polar surface area (TPSA) is 43.6 Å². The molecular formula is C53H32N4S. The Hall–Kier alpha value is -7.47. The summed E-state index contributed by atoms with van der Waals surface area (Å²) in [6.07, 6.45) is 0. The van der Waals surface area contributed by atoms with Gasteiger partial charge in [-0.05, 0) is 75.1 Å². The summed E-state index contributed by atoms with van der Waals surface area (Å²) in [5, 5.41) is 8.37. The van der Waals surface area contributed by atoms with Gasteiger partial charge in [0.15, 0.2) is 17.5 Å². The maximum absolute atomic E-state index is 9.07. The van der Waals surface area contributed by atoms with Crippen molar-refractivity contribution in [1.82, 2.24) is 19.5 Å². The van der Waals surface area contributed by atoms with Crippen molar-refractivity contribution < 1.29 is 6.85 Å². The van der Waals surface area contributed by atoms with E-state index in [2.05, 4.69) is 120 Å². The average molecular weight is 762 g/mol. The Morgan fingerprint density at radius 1 is 0.414 bits per heavy atom. The molecule has 12 aromatic rings. The van der Waals surface area contributed by atoms with E-state index in [9.17, 15) is 0 Å². The van der Waals surface area contributed by atoms with E-state index in [-0.39, 0.29) is 23.5 Å². The van der Waals surface area contributed by atoms with Crippen LogP contribution in [0.3, 0.4) is 0 Å². The van der Waals surface area contributed by atoms with Crippen LogP contribution in [0, 0.1) is 0 Å². The van der Waals surface area contributed by atoms with Crippen molar-refractivity contribution in [2.45, 2.75) is 0 Å². The van der Waals surface area contributed by atoms with Crippen molar-refractivity contribution in [3.8, 4) is 51.0 Å². The zero-order chi connectivity index (χ0) is 42.5. The number of benzene rings is 9. The molecule has 3 heterocycles. The number of hydrogen-bond acceptors (Lipinski definition) is 4. The van der Waals surface area contributed by atoms with Gasteiger partial charge in [-0.25, -0.2) is 15.0 Å². The lowest BCUT2D eigenvalue weighted by Crippen LogP contribution is -2.02. The molecule has 9 aromatic carbocycles. The third-order valence-corrected chi connectivity index (χ3v) is 12.3. The summed E-state index contributed by atoms with van der Waals surface area (Å²) in [7, 11) is 0. The molecule has 0 spiro atoms. The quantitative estimate of drug-likeness (QED) is 0.164. The summed E-state index contributed by atoms with van der Waals surface area (Å²) < 4.78 is 48.1. The monoisotopic (exact) mass is 761 g/mol. The molecule has 58 heavy (non-hydrogen) atoms. The molecule has 4 nitrogen and oxygen atoms in total. The van der Waals surface area contributed by atoms with E-state index in [1.165, 1.54) is 0 Å². The maximum Gasteiger partial charge on any atom is 0.165 e. The molecular weight excluding hydrogens is 725 g/mol. The molecule has 0 saturated heterocycles. The molecule has 0 aliphatic carbocycles. The molecule has 270 valence electrons. The summed E-state index contributed by atoms with van der Waals surface area (Å²) in [5.74, 6) is 0.639. The van der Waals surface area contributed by atoms with E-state index in [4.69, 9.17) is 21.8 Å². The highest BCUT2D eigenvalue weighted by Gasteiger charge is 2.22. The average Bonchev–Trinajstić information content (AvgIpc) is 3.88. The lowest BCUT2D eigenvalue weighted by Gasteiger charge is -2.14. The second-order valence-electron chi connectivity index (χ2n) is 14.4. The first kappa shape index (κ1) is 28.0. The van der Waals surface area contributed by atoms with Crippen molar-refractivity contribution in [1.29, 1.82) is 0 Å². The number of thiophene rings is 1. The third-order valence-electron chi connectivity index (χ3n) is 11.1. The zero-order valence-corrected chi connectivity index (χ0v) is 31.6. The number of rotatable bonds is 5. The number of nitrogens with zero attached hydrogens (tertiary/aromatic N) is 4. The van der Waals surface area contributed by atoms with Gasteiger partial charge >= 0.3 is 0 Å². The van der Waals surface area contributed by atoms with Crippen LogP contribution >= 0.6 is 11.3 Å². The Balaban J connectivity index is 1.22. The summed E-state index contributed by atoms with van der Waals surface area (Å²) in [5.41, 5.74) is 6.59. The Morgan fingerprint density at radius 3 is 1.79 bits per heavy atom. The second-order valence-corrected chi connectivity index (χ2v) is 15.5. The number of hydrogen-bond donors (Lipinski definition) is 0. The Labute approximate surface area is 345 Å². The van der Waals surface area contributed by atoms with Gasteiger partial charge in [0.1, 0.15) is 0 Å². The van der Waals surface area contributed by atoms with E-state index in [0.29, 0.717) is 11.6 Å². The van der Waals surface area contributed by atoms with Crippen molar-refractivity contribution >= 4 is 74.9 Å². The van der Waals surface area contributed by atoms with Crippen LogP contribution in [-0.2, 0) is 0 Å². The minimum absolute atomic E-state index is 0.00729. The lowest BCUT2D eigenvalue weighted by atomic mass is 9.97. The van der Waals surface area contributed by atoms with Crippen molar-refractivity contribution in [2.24, 2.45) is 0 Å². The lowest BCUT2D eigenvalue weighted by molar-refractivity contribution is 1.08. The van der Waals surface area contributed by atoms with Gasteiger partial charge in [-0.3, -0.25) is 0 Å². The normalized spacial score (nSPS) is 13.0. The molecule has 0 saturated carbocycles. The number of fused-ring (bicyclic) bond motifs is 9. The van der Waals surface area contributed by atoms with Crippen LogP contribution in [0.5, 0.6) is 0 Å². The molecule has 5 heteroatoms. The molecule has 0 unspecified atom stereocenters. The standard InChI is InChI=1S/C53H32N4S/c1-3-15-33(16-4-1)35-27-28-49-43(29-35)44-31-37(57-47-25-13-11-23-41(47)42-24-12-14-26-48(42)57)32-46(50(44)58-49)53-55-51(34-17-5-2-6-18-34)54-52(56-53)45-30-36-19-7-8-20-38(36)39-21-9-10-22-40(39)45/h1-32H/i2D,5D,6D,17D,18D. The predicted octanol–water partition coefficient (Wildman–Crippen LogP) is 14.3. The van der Waals surface area contributed by atoms with Crippen molar-refractivity contribution in [3.05, 3.63) is 194 Å². The fourth-order valence-corrected chi connectivity index (χ4v) is 9.67. The molecule has 3 aromatic heterocycles. The summed E-state index contributed by atoms with van der Waals surface area (Å²) in [6.45, 7) is 0. The molecule has 0 radical (unpaired) electrons. The predicted molar refractivity (Wildman–Crippen MR) is 244 cm³/mol. The zero-order valence-electron chi connectivity index (χ0n) is 35.8. The maximum atomic E-state index is 9.07. The number of aromatic nitrogens is 4. The molecule has 0 fully saturated rings. The highest BCUT2D eigenvalue weighted by atomic mass is 32.1. The van der Waals surface area contributed by atoms with Crippen LogP contribution in [0.2, 0.25) is 0 Å². The Morgan fingerprint density at radius 2 is 1.03 bits per heavy atom. The largest absolute Gasteiger partial charge is 0.309 e. The van der Waals surface area contributed by atoms with Gasteiger partial charge in [-0.2, -0.15) is 0 Å². The summed E-state index contributed by atoms with van der Waals surface area (Å²) >= 11 is 1.65. The first-order valence-corrected chi connectivity index (χ1v) is 19.9. The number of para-hydroxylation sites is 2. The third kappa shape index (κ3) is 5.18. The van der Waals surface area contributed by atoms with Gasteiger partial charge in [-0.1, -0.05) is 152 Å². The van der Waals surface area contributed by atoms with Crippen LogP contribution in [0.4, 0.5) is 0 Å². The molecule has 0 amide bonds. The fourth-order valence-electron chi connectivity index (χ4n) is 8.50. The first-order chi connectivity index (χ1) is 30.8. The van der Waals surface area contributed by atoms with Gasteiger partial charge in [0, 0.05) is 53.3 Å². The van der Waals surface area contributed by atoms with Gasteiger partial charge in [-0.15, -0.1) is 11.3 Å². The summed E-state index contributed by atoms with van der Waals surface area (Å²) in [6, 6.07) is 54.3. The van der Waals surface area contributed by atoms with Crippen LogP contribution in [-0.4, -0.2) is 19.5 Å². The minimum atomic E-state index is -0.482. The van der Waals surface area contributed by atoms with E-state index in [0.717, 1.165) is 91.5 Å². The fraction of sp³-hybridized carbons (Fsp3) is 0. The summed E-state index contributed by atoms with van der Waals surface area (Å²) in [4.78, 5) is 15.5. The highest BCUT2D eigenvalue weighted by Crippen LogP contribution is 2.44. The molecule has 0 aliphatic heterocycles. The van der Waals surface area contributed by atoms with Crippen molar-refractivity contribution in [2.75, 3.05) is 0 Å². The SMILES string of the molecule is [2H]c1c([2H])c([2H])c(-c2nc(-c3cc4ccccc4c4ccccc34)nc(-c3cc(-n4c5ccccc5c5ccccc54)cc4c3sc3ccc(-c5ccccc5)cc34)n2)c([2H])c1[2H].